The summed E-state index contributed by atoms with van der Waals surface area (Å²) in [7, 11) is -5.02. The normalized spacial score (nSPS) is 16.2. The maximum absolute atomic E-state index is 12.9. The number of nitrogens with zero attached hydrogens (tertiary/aromatic N) is 4. The molecule has 13 heteroatoms. The highest BCUT2D eigenvalue weighted by Crippen LogP contribution is 2.34. The molecule has 0 aliphatic rings. The monoisotopic (exact) mass is 594 g/mol. The van der Waals surface area contributed by atoms with Crippen LogP contribution < -0.4 is 18.9 Å². The third-order valence-electron chi connectivity index (χ3n) is 3.53. The summed E-state index contributed by atoms with van der Waals surface area (Å²) in [6, 6.07) is 6.44. The first-order valence-electron chi connectivity index (χ1n) is 12.6. The van der Waals surface area contributed by atoms with E-state index in [9.17, 15) is 8.42 Å². The third-order valence-corrected chi connectivity index (χ3v) is 5.30. The van der Waals surface area contributed by atoms with Crippen LogP contribution in [0, 0.1) is 0 Å². The number of nitrogens with one attached hydrogen (secondary N) is 2. The van der Waals surface area contributed by atoms with Gasteiger partial charge in [0.15, 0.2) is 5.82 Å². The van der Waals surface area contributed by atoms with Gasteiger partial charge in [0.1, 0.15) is 20.9 Å². The van der Waals surface area contributed by atoms with Gasteiger partial charge in [0.2, 0.25) is 5.88 Å². The van der Waals surface area contributed by atoms with Crippen LogP contribution in [0.25, 0.3) is 11.1 Å². The summed E-state index contributed by atoms with van der Waals surface area (Å²) >= 11 is 6.50. The van der Waals surface area contributed by atoms with E-state index in [0.717, 1.165) is 0 Å². The van der Waals surface area contributed by atoms with E-state index in [4.69, 9.17) is 20.4 Å². The van der Waals surface area contributed by atoms with Crippen molar-refractivity contribution < 1.29 is 28.9 Å². The number of hydrogen-bond acceptors (Lipinski definition) is 8. The fourth-order valence-corrected chi connectivity index (χ4v) is 3.39. The van der Waals surface area contributed by atoms with E-state index in [0.29, 0.717) is 14.5 Å². The molecule has 0 aliphatic heterocycles. The van der Waals surface area contributed by atoms with Crippen LogP contribution in [0.3, 0.4) is 0 Å². The largest absolute Gasteiger partial charge is 0.473 e. The van der Waals surface area contributed by atoms with E-state index >= 15 is 0 Å². The molecule has 0 amide bonds. The van der Waals surface area contributed by atoms with E-state index in [1.165, 1.54) is 17.1 Å². The maximum atomic E-state index is 12.9. The first-order valence-corrected chi connectivity index (χ1v) is 11.7. The molecular formula is C19H20Br2N6O4S. The molecule has 2 aromatic heterocycles. The highest BCUT2D eigenvalue weighted by Gasteiger charge is 2.19. The summed E-state index contributed by atoms with van der Waals surface area (Å²) in [4.78, 5) is 15.6. The molecule has 32 heavy (non-hydrogen) atoms. The minimum absolute atomic E-state index is 0.0480. The van der Waals surface area contributed by atoms with Crippen LogP contribution in [0.1, 0.15) is 24.2 Å². The topological polar surface area (TPSA) is 128 Å². The van der Waals surface area contributed by atoms with Gasteiger partial charge in [-0.2, -0.15) is 13.1 Å². The molecule has 0 fully saturated rings. The van der Waals surface area contributed by atoms with Gasteiger partial charge < -0.3 is 9.47 Å². The number of hydrogen-bond donors (Lipinski definition) is 2. The van der Waals surface area contributed by atoms with Crippen molar-refractivity contribution in [3.05, 3.63) is 51.9 Å². The van der Waals surface area contributed by atoms with Gasteiger partial charge in [0, 0.05) is 33.0 Å². The van der Waals surface area contributed by atoms with Crippen LogP contribution >= 0.6 is 31.9 Å². The molecule has 3 aromatic rings. The smallest absolute Gasteiger partial charge is 0.316 e. The van der Waals surface area contributed by atoms with Crippen molar-refractivity contribution in [1.29, 1.82) is 0 Å². The second kappa shape index (κ2) is 11.5. The molecule has 2 N–H and O–H groups in total. The van der Waals surface area contributed by atoms with Crippen LogP contribution in [-0.4, -0.2) is 48.1 Å². The summed E-state index contributed by atoms with van der Waals surface area (Å²) in [6.45, 7) is -7.29. The van der Waals surface area contributed by atoms with Crippen LogP contribution in [0.5, 0.6) is 11.9 Å². The lowest BCUT2D eigenvalue weighted by molar-refractivity contribution is 0.202. The fourth-order valence-electron chi connectivity index (χ4n) is 2.28. The van der Waals surface area contributed by atoms with E-state index in [2.05, 4.69) is 51.8 Å². The van der Waals surface area contributed by atoms with Gasteiger partial charge in [-0.3, -0.25) is 4.72 Å². The maximum Gasteiger partial charge on any atom is 0.316 e. The van der Waals surface area contributed by atoms with E-state index < -0.39 is 42.1 Å². The molecule has 0 aliphatic carbocycles. The molecule has 170 valence electrons. The summed E-state index contributed by atoms with van der Waals surface area (Å²) in [5, 5.41) is 0. The number of ether oxygens (including phenoxy) is 2. The van der Waals surface area contributed by atoms with Gasteiger partial charge in [0.05, 0.1) is 10.0 Å². The lowest BCUT2D eigenvalue weighted by atomic mass is 10.1. The highest BCUT2D eigenvalue weighted by atomic mass is 79.9. The van der Waals surface area contributed by atoms with E-state index in [1.54, 1.807) is 24.3 Å². The Bertz CT molecular complexity index is 1450. The Morgan fingerprint density at radius 3 is 2.50 bits per heavy atom. The van der Waals surface area contributed by atoms with Gasteiger partial charge in [-0.25, -0.2) is 19.9 Å². The van der Waals surface area contributed by atoms with Gasteiger partial charge >= 0.3 is 6.01 Å². The highest BCUT2D eigenvalue weighted by molar-refractivity contribution is 9.10. The molecule has 0 atom stereocenters. The van der Waals surface area contributed by atoms with Crippen LogP contribution in [-0.2, 0) is 10.2 Å². The summed E-state index contributed by atoms with van der Waals surface area (Å²) in [5.41, 5.74) is 0.280. The molecule has 2 heterocycles. The van der Waals surface area contributed by atoms with Crippen LogP contribution in [0.2, 0.25) is 0 Å². The van der Waals surface area contributed by atoms with Crippen molar-refractivity contribution in [1.82, 2.24) is 24.7 Å². The van der Waals surface area contributed by atoms with Crippen molar-refractivity contribution in [2.75, 3.05) is 24.4 Å². The lowest BCUT2D eigenvalue weighted by Gasteiger charge is -2.15. The standard InChI is InChI=1S/C19H20Br2N6O4S/c1-2-7-26-32(28,29)27-17-16(13-3-5-14(20)6-4-13)18(25-12-24-17)30-8-9-31-19-22-10-15(21)11-23-19/h3-6,10-12,26H,2,7-9H2,1H3,(H,24,25,27)/i1D3,2D2,7D2,12D. The molecular weight excluding hydrogens is 568 g/mol. The van der Waals surface area contributed by atoms with Gasteiger partial charge in [-0.15, -0.1) is 0 Å². The van der Waals surface area contributed by atoms with Crippen LogP contribution in [0.4, 0.5) is 5.82 Å². The fraction of sp³-hybridized carbons (Fsp3) is 0.263. The molecule has 3 rings (SSSR count). The Morgan fingerprint density at radius 1 is 1.06 bits per heavy atom. The third kappa shape index (κ3) is 7.08. The zero-order chi connectivity index (χ0) is 29.9. The summed E-state index contributed by atoms with van der Waals surface area (Å²) in [5.74, 6) is -0.756. The van der Waals surface area contributed by atoms with Crippen molar-refractivity contribution in [3.63, 3.8) is 0 Å². The zero-order valence-corrected chi connectivity index (χ0v) is 20.0. The number of aromatic nitrogens is 4. The molecule has 0 saturated carbocycles. The molecule has 1 aromatic carbocycles. The molecule has 0 spiro atoms. The minimum atomic E-state index is -5.02. The Kier molecular flexibility index (Phi) is 5.56. The van der Waals surface area contributed by atoms with Crippen molar-refractivity contribution >= 4 is 47.9 Å². The number of benzene rings is 1. The van der Waals surface area contributed by atoms with Crippen molar-refractivity contribution in [3.8, 4) is 23.0 Å². The Balaban J connectivity index is 1.93. The molecule has 0 bridgehead atoms. The predicted molar refractivity (Wildman–Crippen MR) is 127 cm³/mol. The average Bonchev–Trinajstić information content (AvgIpc) is 2.82. The summed E-state index contributed by atoms with van der Waals surface area (Å²) in [6.07, 6.45) is -1.33. The Morgan fingerprint density at radius 2 is 1.78 bits per heavy atom. The second-order valence-electron chi connectivity index (χ2n) is 5.70. The van der Waals surface area contributed by atoms with Gasteiger partial charge in [-0.1, -0.05) is 34.9 Å². The number of rotatable bonds is 11. The molecule has 0 radical (unpaired) electrons. The predicted octanol–water partition coefficient (Wildman–Crippen LogP) is 3.57. The summed E-state index contributed by atoms with van der Waals surface area (Å²) < 4.78 is 102. The minimum Gasteiger partial charge on any atom is -0.473 e. The Labute approximate surface area is 213 Å². The van der Waals surface area contributed by atoms with Crippen molar-refractivity contribution in [2.45, 2.75) is 13.2 Å². The quantitative estimate of drug-likeness (QED) is 0.322. The number of halogens is 2. The average molecular weight is 596 g/mol. The van der Waals surface area contributed by atoms with Crippen molar-refractivity contribution in [2.24, 2.45) is 0 Å². The molecule has 10 nitrogen and oxygen atoms in total. The second-order valence-corrected chi connectivity index (χ2v) is 8.94. The molecule has 0 saturated heterocycles. The van der Waals surface area contributed by atoms with E-state index in [1.807, 2.05) is 4.72 Å². The first-order chi connectivity index (χ1) is 18.4. The molecule has 0 unspecified atom stereocenters. The SMILES string of the molecule is [2H]c1nc(NS(=O)(=O)NC([2H])([2H])C([2H])([2H])C([2H])([2H])[2H])c(-c2ccc(Br)cc2)c(OCCOc2ncc(Br)cn2)n1. The zero-order valence-electron chi connectivity index (χ0n) is 24.0. The van der Waals surface area contributed by atoms with E-state index in [-0.39, 0.29) is 30.7 Å². The lowest BCUT2D eigenvalue weighted by Crippen LogP contribution is -2.31. The number of anilines is 1. The van der Waals surface area contributed by atoms with Crippen LogP contribution in [0.15, 0.2) is 51.9 Å². The first kappa shape index (κ1) is 15.5. The Hall–Kier alpha value is -2.35. The van der Waals surface area contributed by atoms with Gasteiger partial charge in [0.25, 0.3) is 10.2 Å². The van der Waals surface area contributed by atoms with Gasteiger partial charge in [-0.05, 0) is 40.0 Å².